The average Bonchev–Trinajstić information content (AvgIpc) is 2.63. The van der Waals surface area contributed by atoms with Crippen LogP contribution < -0.4 is 14.8 Å². The summed E-state index contributed by atoms with van der Waals surface area (Å²) in [5, 5.41) is 3.38. The maximum atomic E-state index is 5.47. The topological polar surface area (TPSA) is 58.6 Å². The molecule has 0 unspecified atom stereocenters. The van der Waals surface area contributed by atoms with Crippen molar-refractivity contribution >= 4 is 5.96 Å². The van der Waals surface area contributed by atoms with E-state index in [2.05, 4.69) is 27.2 Å². The van der Waals surface area contributed by atoms with Crippen molar-refractivity contribution in [3.63, 3.8) is 0 Å². The van der Waals surface area contributed by atoms with Crippen molar-refractivity contribution in [1.29, 1.82) is 0 Å². The van der Waals surface area contributed by atoms with Crippen LogP contribution in [0.1, 0.15) is 5.56 Å². The summed E-state index contributed by atoms with van der Waals surface area (Å²) in [5.41, 5.74) is 1.07. The number of likely N-dealkylation sites (N-methyl/N-ethyl adjacent to an activating group) is 1. The Labute approximate surface area is 151 Å². The van der Waals surface area contributed by atoms with Gasteiger partial charge >= 0.3 is 0 Å². The second-order valence-corrected chi connectivity index (χ2v) is 5.80. The molecule has 25 heavy (non-hydrogen) atoms. The van der Waals surface area contributed by atoms with Gasteiger partial charge in [0.1, 0.15) is 11.5 Å². The smallest absolute Gasteiger partial charge is 0.193 e. The monoisotopic (exact) mass is 352 g/mol. The van der Waals surface area contributed by atoms with Gasteiger partial charge in [0.2, 0.25) is 0 Å². The highest BCUT2D eigenvalue weighted by Gasteiger charge is 2.11. The Balaban J connectivity index is 2.58. The summed E-state index contributed by atoms with van der Waals surface area (Å²) in [4.78, 5) is 8.64. The molecule has 0 aliphatic heterocycles. The van der Waals surface area contributed by atoms with E-state index >= 15 is 0 Å². The Bertz CT molecular complexity index is 537. The maximum Gasteiger partial charge on any atom is 0.193 e. The fourth-order valence-corrected chi connectivity index (χ4v) is 2.42. The predicted molar refractivity (Wildman–Crippen MR) is 102 cm³/mol. The molecule has 7 nitrogen and oxygen atoms in total. The van der Waals surface area contributed by atoms with Gasteiger partial charge in [0, 0.05) is 59.0 Å². The molecule has 0 atom stereocenters. The highest BCUT2D eigenvalue weighted by Crippen LogP contribution is 2.25. The number of methoxy groups -OCH3 is 3. The van der Waals surface area contributed by atoms with Crippen molar-refractivity contribution in [3.8, 4) is 11.5 Å². The molecule has 7 heteroatoms. The first kappa shape index (κ1) is 21.1. The third-order valence-electron chi connectivity index (χ3n) is 3.93. The zero-order chi connectivity index (χ0) is 18.7. The lowest BCUT2D eigenvalue weighted by atomic mass is 10.2. The molecule has 0 radical (unpaired) electrons. The number of rotatable bonds is 10. The third kappa shape index (κ3) is 7.19. The zero-order valence-corrected chi connectivity index (χ0v) is 16.3. The summed E-state index contributed by atoms with van der Waals surface area (Å²) >= 11 is 0. The van der Waals surface area contributed by atoms with Gasteiger partial charge in [0.05, 0.1) is 20.8 Å². The largest absolute Gasteiger partial charge is 0.497 e. The second kappa shape index (κ2) is 11.5. The lowest BCUT2D eigenvalue weighted by Crippen LogP contribution is -2.42. The SMILES string of the molecule is CN=C(NCCN(C)CCOC)N(C)Cc1ccc(OC)cc1OC. The Morgan fingerprint density at radius 1 is 1.12 bits per heavy atom. The van der Waals surface area contributed by atoms with Crippen molar-refractivity contribution in [1.82, 2.24) is 15.1 Å². The van der Waals surface area contributed by atoms with Gasteiger partial charge < -0.3 is 29.3 Å². The van der Waals surface area contributed by atoms with Crippen molar-refractivity contribution in [3.05, 3.63) is 23.8 Å². The van der Waals surface area contributed by atoms with E-state index in [0.29, 0.717) is 6.54 Å². The number of aliphatic imine (C=N–C) groups is 1. The Morgan fingerprint density at radius 3 is 2.48 bits per heavy atom. The van der Waals surface area contributed by atoms with Crippen molar-refractivity contribution in [2.45, 2.75) is 6.54 Å². The molecular weight excluding hydrogens is 320 g/mol. The maximum absolute atomic E-state index is 5.47. The van der Waals surface area contributed by atoms with Crippen LogP contribution in [0.25, 0.3) is 0 Å². The lowest BCUT2D eigenvalue weighted by Gasteiger charge is -2.24. The number of hydrogen-bond donors (Lipinski definition) is 1. The standard InChI is InChI=1S/C18H32N4O3/c1-19-18(20-9-10-21(2)11-12-23-4)22(3)14-15-7-8-16(24-5)13-17(15)25-6/h7-8,13H,9-12,14H2,1-6H3,(H,19,20). The van der Waals surface area contributed by atoms with Crippen LogP contribution in [0.15, 0.2) is 23.2 Å². The molecule has 0 aliphatic rings. The van der Waals surface area contributed by atoms with Crippen LogP contribution in [-0.4, -0.2) is 84.5 Å². The molecule has 0 saturated carbocycles. The first-order chi connectivity index (χ1) is 12.0. The molecule has 0 heterocycles. The number of nitrogens with zero attached hydrogens (tertiary/aromatic N) is 3. The normalized spacial score (nSPS) is 11.6. The molecule has 1 aromatic rings. The van der Waals surface area contributed by atoms with E-state index in [1.165, 1.54) is 0 Å². The van der Waals surface area contributed by atoms with E-state index in [1.54, 1.807) is 28.4 Å². The third-order valence-corrected chi connectivity index (χ3v) is 3.93. The fourth-order valence-electron chi connectivity index (χ4n) is 2.42. The fraction of sp³-hybridized carbons (Fsp3) is 0.611. The van der Waals surface area contributed by atoms with Gasteiger partial charge in [0.15, 0.2) is 5.96 Å². The summed E-state index contributed by atoms with van der Waals surface area (Å²) < 4.78 is 15.8. The molecule has 0 amide bonds. The number of nitrogens with one attached hydrogen (secondary N) is 1. The van der Waals surface area contributed by atoms with Gasteiger partial charge in [-0.2, -0.15) is 0 Å². The first-order valence-corrected chi connectivity index (χ1v) is 8.35. The van der Waals surface area contributed by atoms with Crippen LogP contribution in [-0.2, 0) is 11.3 Å². The van der Waals surface area contributed by atoms with Crippen LogP contribution in [0.2, 0.25) is 0 Å². The summed E-state index contributed by atoms with van der Waals surface area (Å²) in [6.07, 6.45) is 0. The number of hydrogen-bond acceptors (Lipinski definition) is 5. The average molecular weight is 352 g/mol. The van der Waals surface area contributed by atoms with Gasteiger partial charge in [-0.1, -0.05) is 0 Å². The van der Waals surface area contributed by atoms with Crippen LogP contribution in [0.5, 0.6) is 11.5 Å². The highest BCUT2D eigenvalue weighted by molar-refractivity contribution is 5.79. The van der Waals surface area contributed by atoms with Gasteiger partial charge in [-0.3, -0.25) is 4.99 Å². The van der Waals surface area contributed by atoms with Gasteiger partial charge in [-0.25, -0.2) is 0 Å². The quantitative estimate of drug-likeness (QED) is 0.506. The number of ether oxygens (including phenoxy) is 3. The van der Waals surface area contributed by atoms with Gasteiger partial charge in [-0.15, -0.1) is 0 Å². The summed E-state index contributed by atoms with van der Waals surface area (Å²) in [5.74, 6) is 2.43. The van der Waals surface area contributed by atoms with Crippen molar-refractivity contribution < 1.29 is 14.2 Å². The van der Waals surface area contributed by atoms with Crippen molar-refractivity contribution in [2.75, 3.05) is 68.7 Å². The Morgan fingerprint density at radius 2 is 1.88 bits per heavy atom. The lowest BCUT2D eigenvalue weighted by molar-refractivity contribution is 0.162. The molecular formula is C18H32N4O3. The summed E-state index contributed by atoms with van der Waals surface area (Å²) in [7, 11) is 10.9. The molecule has 0 saturated heterocycles. The van der Waals surface area contributed by atoms with Crippen LogP contribution in [0, 0.1) is 0 Å². The molecule has 0 aliphatic carbocycles. The second-order valence-electron chi connectivity index (χ2n) is 5.80. The first-order valence-electron chi connectivity index (χ1n) is 8.35. The van der Waals surface area contributed by atoms with E-state index in [9.17, 15) is 0 Å². The number of guanidine groups is 1. The Hall–Kier alpha value is -1.99. The van der Waals surface area contributed by atoms with E-state index in [4.69, 9.17) is 14.2 Å². The van der Waals surface area contributed by atoms with Crippen LogP contribution >= 0.6 is 0 Å². The van der Waals surface area contributed by atoms with E-state index in [-0.39, 0.29) is 0 Å². The van der Waals surface area contributed by atoms with E-state index in [0.717, 1.165) is 49.3 Å². The van der Waals surface area contributed by atoms with Gasteiger partial charge in [-0.05, 0) is 19.2 Å². The minimum Gasteiger partial charge on any atom is -0.497 e. The number of benzene rings is 1. The van der Waals surface area contributed by atoms with Crippen LogP contribution in [0.3, 0.4) is 0 Å². The summed E-state index contributed by atoms with van der Waals surface area (Å²) in [6.45, 7) is 4.07. The molecule has 0 bridgehead atoms. The molecule has 0 fully saturated rings. The molecule has 1 N–H and O–H groups in total. The molecule has 0 spiro atoms. The minimum absolute atomic E-state index is 0.687. The predicted octanol–water partition coefficient (Wildman–Crippen LogP) is 1.29. The van der Waals surface area contributed by atoms with Gasteiger partial charge in [0.25, 0.3) is 0 Å². The molecule has 1 rings (SSSR count). The van der Waals surface area contributed by atoms with E-state index in [1.807, 2.05) is 25.2 Å². The Kier molecular flexibility index (Phi) is 9.72. The van der Waals surface area contributed by atoms with Crippen molar-refractivity contribution in [2.24, 2.45) is 4.99 Å². The molecule has 0 aromatic heterocycles. The summed E-state index contributed by atoms with van der Waals surface area (Å²) in [6, 6.07) is 5.84. The molecule has 142 valence electrons. The highest BCUT2D eigenvalue weighted by atomic mass is 16.5. The van der Waals surface area contributed by atoms with Crippen LogP contribution in [0.4, 0.5) is 0 Å². The zero-order valence-electron chi connectivity index (χ0n) is 16.3. The molecule has 1 aromatic carbocycles. The minimum atomic E-state index is 0.687. The van der Waals surface area contributed by atoms with E-state index < -0.39 is 0 Å².